The molecule has 0 spiro atoms. The zero-order valence-corrected chi connectivity index (χ0v) is 12.3. The molecule has 2 rings (SSSR count). The van der Waals surface area contributed by atoms with Crippen molar-refractivity contribution in [1.82, 2.24) is 5.32 Å². The van der Waals surface area contributed by atoms with Crippen LogP contribution in [0.1, 0.15) is 44.2 Å². The SMILES string of the molecule is CC(NC(=O)CC1CCC1)c1cccc(S(N)(=O)=O)c1. The van der Waals surface area contributed by atoms with E-state index >= 15 is 0 Å². The zero-order valence-electron chi connectivity index (χ0n) is 11.5. The largest absolute Gasteiger partial charge is 0.350 e. The van der Waals surface area contributed by atoms with Gasteiger partial charge in [-0.2, -0.15) is 0 Å². The lowest BCUT2D eigenvalue weighted by atomic mass is 9.83. The van der Waals surface area contributed by atoms with Crippen molar-refractivity contribution in [2.75, 3.05) is 0 Å². The minimum atomic E-state index is -3.71. The third-order valence-electron chi connectivity index (χ3n) is 3.76. The molecule has 110 valence electrons. The van der Waals surface area contributed by atoms with Crippen LogP contribution in [0, 0.1) is 5.92 Å². The van der Waals surface area contributed by atoms with Crippen molar-refractivity contribution in [3.8, 4) is 0 Å². The third kappa shape index (κ3) is 3.80. The summed E-state index contributed by atoms with van der Waals surface area (Å²) in [6.07, 6.45) is 4.02. The number of sulfonamides is 1. The van der Waals surface area contributed by atoms with E-state index in [4.69, 9.17) is 5.14 Å². The number of benzene rings is 1. The molecule has 1 aliphatic rings. The summed E-state index contributed by atoms with van der Waals surface area (Å²) in [5.41, 5.74) is 0.735. The van der Waals surface area contributed by atoms with Crippen LogP contribution in [-0.2, 0) is 14.8 Å². The topological polar surface area (TPSA) is 89.3 Å². The molecule has 3 N–H and O–H groups in total. The lowest BCUT2D eigenvalue weighted by molar-refractivity contribution is -0.123. The molecule has 20 heavy (non-hydrogen) atoms. The minimum absolute atomic E-state index is 0.0169. The molecule has 1 atom stereocenters. The van der Waals surface area contributed by atoms with Crippen LogP contribution in [-0.4, -0.2) is 14.3 Å². The van der Waals surface area contributed by atoms with Crippen LogP contribution in [0.25, 0.3) is 0 Å². The second-order valence-electron chi connectivity index (χ2n) is 5.41. The van der Waals surface area contributed by atoms with Crippen LogP contribution in [0.4, 0.5) is 0 Å². The van der Waals surface area contributed by atoms with Gasteiger partial charge in [-0.1, -0.05) is 18.6 Å². The van der Waals surface area contributed by atoms with Gasteiger partial charge in [0.2, 0.25) is 15.9 Å². The summed E-state index contributed by atoms with van der Waals surface area (Å²) in [6.45, 7) is 1.83. The number of nitrogens with one attached hydrogen (secondary N) is 1. The first kappa shape index (κ1) is 15.0. The smallest absolute Gasteiger partial charge is 0.238 e. The molecule has 1 aliphatic carbocycles. The van der Waals surface area contributed by atoms with Gasteiger partial charge in [0, 0.05) is 6.42 Å². The van der Waals surface area contributed by atoms with E-state index in [1.807, 2.05) is 6.92 Å². The molecule has 1 aromatic rings. The summed E-state index contributed by atoms with van der Waals surface area (Å²) in [5.74, 6) is 0.529. The maximum atomic E-state index is 11.9. The van der Waals surface area contributed by atoms with Gasteiger partial charge >= 0.3 is 0 Å². The van der Waals surface area contributed by atoms with Crippen molar-refractivity contribution in [3.05, 3.63) is 29.8 Å². The van der Waals surface area contributed by atoms with Crippen LogP contribution >= 0.6 is 0 Å². The van der Waals surface area contributed by atoms with Crippen LogP contribution < -0.4 is 10.5 Å². The van der Waals surface area contributed by atoms with Gasteiger partial charge in [0.05, 0.1) is 10.9 Å². The Hall–Kier alpha value is -1.40. The molecule has 0 aromatic heterocycles. The Morgan fingerprint density at radius 3 is 2.70 bits per heavy atom. The number of carbonyl (C=O) groups excluding carboxylic acids is 1. The number of rotatable bonds is 5. The van der Waals surface area contributed by atoms with E-state index in [0.717, 1.165) is 18.4 Å². The number of nitrogens with two attached hydrogens (primary N) is 1. The van der Waals surface area contributed by atoms with Gasteiger partial charge in [-0.3, -0.25) is 4.79 Å². The van der Waals surface area contributed by atoms with E-state index in [9.17, 15) is 13.2 Å². The highest BCUT2D eigenvalue weighted by Crippen LogP contribution is 2.29. The van der Waals surface area contributed by atoms with Gasteiger partial charge in [-0.05, 0) is 43.4 Å². The standard InChI is InChI=1S/C14H20N2O3S/c1-10(16-14(17)8-11-4-2-5-11)12-6-3-7-13(9-12)20(15,18)19/h3,6-7,9-11H,2,4-5,8H2,1H3,(H,16,17)(H2,15,18,19). The Labute approximate surface area is 119 Å². The van der Waals surface area contributed by atoms with Crippen LogP contribution in [0.3, 0.4) is 0 Å². The summed E-state index contributed by atoms with van der Waals surface area (Å²) in [4.78, 5) is 11.9. The van der Waals surface area contributed by atoms with Crippen LogP contribution in [0.2, 0.25) is 0 Å². The minimum Gasteiger partial charge on any atom is -0.350 e. The second kappa shape index (κ2) is 5.93. The van der Waals surface area contributed by atoms with E-state index in [1.165, 1.54) is 18.6 Å². The van der Waals surface area contributed by atoms with Crippen LogP contribution in [0.5, 0.6) is 0 Å². The lowest BCUT2D eigenvalue weighted by Gasteiger charge is -2.25. The molecular formula is C14H20N2O3S. The molecule has 1 fully saturated rings. The molecule has 1 amide bonds. The summed E-state index contributed by atoms with van der Waals surface area (Å²) in [5, 5.41) is 8.00. The fourth-order valence-corrected chi connectivity index (χ4v) is 2.87. The van der Waals surface area contributed by atoms with E-state index in [0.29, 0.717) is 12.3 Å². The number of hydrogen-bond acceptors (Lipinski definition) is 3. The average Bonchev–Trinajstić information content (AvgIpc) is 2.33. The number of hydrogen-bond donors (Lipinski definition) is 2. The maximum absolute atomic E-state index is 11.9. The van der Waals surface area contributed by atoms with Gasteiger partial charge in [-0.25, -0.2) is 13.6 Å². The molecule has 0 saturated heterocycles. The van der Waals surface area contributed by atoms with Crippen molar-refractivity contribution < 1.29 is 13.2 Å². The van der Waals surface area contributed by atoms with Crippen molar-refractivity contribution in [3.63, 3.8) is 0 Å². The van der Waals surface area contributed by atoms with Gasteiger partial charge in [0.25, 0.3) is 0 Å². The first-order chi connectivity index (χ1) is 9.36. The molecule has 0 heterocycles. The summed E-state index contributed by atoms with van der Waals surface area (Å²) in [6, 6.07) is 6.13. The van der Waals surface area contributed by atoms with Gasteiger partial charge in [-0.15, -0.1) is 0 Å². The highest BCUT2D eigenvalue weighted by molar-refractivity contribution is 7.89. The predicted molar refractivity (Wildman–Crippen MR) is 76.3 cm³/mol. The van der Waals surface area contributed by atoms with Gasteiger partial charge in [0.1, 0.15) is 0 Å². The highest BCUT2D eigenvalue weighted by Gasteiger charge is 2.21. The maximum Gasteiger partial charge on any atom is 0.238 e. The molecule has 5 nitrogen and oxygen atoms in total. The van der Waals surface area contributed by atoms with E-state index in [-0.39, 0.29) is 16.8 Å². The van der Waals surface area contributed by atoms with Gasteiger partial charge in [0.15, 0.2) is 0 Å². The third-order valence-corrected chi connectivity index (χ3v) is 4.67. The molecule has 0 radical (unpaired) electrons. The second-order valence-corrected chi connectivity index (χ2v) is 6.97. The summed E-state index contributed by atoms with van der Waals surface area (Å²) in [7, 11) is -3.71. The fourth-order valence-electron chi connectivity index (χ4n) is 2.30. The Morgan fingerprint density at radius 2 is 2.15 bits per heavy atom. The predicted octanol–water partition coefficient (Wildman–Crippen LogP) is 1.70. The average molecular weight is 296 g/mol. The highest BCUT2D eigenvalue weighted by atomic mass is 32.2. The normalized spacial score (nSPS) is 17.3. The monoisotopic (exact) mass is 296 g/mol. The molecule has 0 aliphatic heterocycles. The first-order valence-corrected chi connectivity index (χ1v) is 8.33. The molecular weight excluding hydrogens is 276 g/mol. The Bertz CT molecular complexity index is 594. The van der Waals surface area contributed by atoms with Crippen molar-refractivity contribution in [2.24, 2.45) is 11.1 Å². The zero-order chi connectivity index (χ0) is 14.8. The summed E-state index contributed by atoms with van der Waals surface area (Å²) >= 11 is 0. The van der Waals surface area contributed by atoms with E-state index in [1.54, 1.807) is 12.1 Å². The Morgan fingerprint density at radius 1 is 1.45 bits per heavy atom. The lowest BCUT2D eigenvalue weighted by Crippen LogP contribution is -2.30. The summed E-state index contributed by atoms with van der Waals surface area (Å²) < 4.78 is 22.6. The Balaban J connectivity index is 2.01. The van der Waals surface area contributed by atoms with Crippen molar-refractivity contribution >= 4 is 15.9 Å². The first-order valence-electron chi connectivity index (χ1n) is 6.78. The fraction of sp³-hybridized carbons (Fsp3) is 0.500. The Kier molecular flexibility index (Phi) is 4.45. The number of primary sulfonamides is 1. The molecule has 6 heteroatoms. The number of carbonyl (C=O) groups is 1. The molecule has 1 unspecified atom stereocenters. The van der Waals surface area contributed by atoms with Crippen molar-refractivity contribution in [1.29, 1.82) is 0 Å². The quantitative estimate of drug-likeness (QED) is 0.866. The van der Waals surface area contributed by atoms with E-state index < -0.39 is 10.0 Å². The van der Waals surface area contributed by atoms with Crippen LogP contribution in [0.15, 0.2) is 29.2 Å². The molecule has 1 aromatic carbocycles. The molecule has 0 bridgehead atoms. The van der Waals surface area contributed by atoms with E-state index in [2.05, 4.69) is 5.32 Å². The van der Waals surface area contributed by atoms with Gasteiger partial charge < -0.3 is 5.32 Å². The number of amides is 1. The molecule has 1 saturated carbocycles. The van der Waals surface area contributed by atoms with Crippen molar-refractivity contribution in [2.45, 2.75) is 43.5 Å².